The highest BCUT2D eigenvalue weighted by Crippen LogP contribution is 2.08. The highest BCUT2D eigenvalue weighted by atomic mass is 16.5. The molecular weight excluding hydrogens is 230 g/mol. The summed E-state index contributed by atoms with van der Waals surface area (Å²) in [6.45, 7) is 2.20. The fourth-order valence-corrected chi connectivity index (χ4v) is 1.96. The molecule has 0 spiro atoms. The van der Waals surface area contributed by atoms with Gasteiger partial charge in [0.15, 0.2) is 6.23 Å². The van der Waals surface area contributed by atoms with Crippen LogP contribution in [0.15, 0.2) is 30.3 Å². The Balaban J connectivity index is 1.67. The van der Waals surface area contributed by atoms with Gasteiger partial charge in [0.25, 0.3) is 0 Å². The number of amides is 1. The van der Waals surface area contributed by atoms with Crippen LogP contribution in [0.25, 0.3) is 0 Å². The molecule has 97 valence electrons. The van der Waals surface area contributed by atoms with Crippen LogP contribution in [0.3, 0.4) is 0 Å². The van der Waals surface area contributed by atoms with E-state index in [4.69, 9.17) is 9.47 Å². The fraction of sp³-hybridized carbons (Fsp3) is 0.500. The summed E-state index contributed by atoms with van der Waals surface area (Å²) in [5.74, 6) is 0. The molecule has 1 aromatic carbocycles. The minimum atomic E-state index is -0.271. The van der Waals surface area contributed by atoms with E-state index in [0.717, 1.165) is 12.8 Å². The van der Waals surface area contributed by atoms with Gasteiger partial charge in [-0.1, -0.05) is 30.3 Å². The van der Waals surface area contributed by atoms with E-state index in [9.17, 15) is 4.79 Å². The van der Waals surface area contributed by atoms with E-state index in [1.165, 1.54) is 10.5 Å². The van der Waals surface area contributed by atoms with Crippen LogP contribution >= 0.6 is 0 Å². The molecule has 1 aliphatic rings. The highest BCUT2D eigenvalue weighted by Gasteiger charge is 2.22. The van der Waals surface area contributed by atoms with Crippen molar-refractivity contribution in [1.29, 1.82) is 0 Å². The van der Waals surface area contributed by atoms with Crippen molar-refractivity contribution >= 4 is 6.41 Å². The molecule has 0 aromatic heterocycles. The molecule has 1 saturated heterocycles. The van der Waals surface area contributed by atoms with Gasteiger partial charge in [-0.05, 0) is 18.4 Å². The smallest absolute Gasteiger partial charge is 0.314 e. The van der Waals surface area contributed by atoms with E-state index in [2.05, 4.69) is 12.1 Å². The lowest BCUT2D eigenvalue weighted by atomic mass is 10.1. The van der Waals surface area contributed by atoms with Gasteiger partial charge in [0.05, 0.1) is 13.2 Å². The van der Waals surface area contributed by atoms with Gasteiger partial charge in [-0.2, -0.15) is 0 Å². The lowest BCUT2D eigenvalue weighted by Crippen LogP contribution is -2.46. The molecule has 1 aliphatic heterocycles. The maximum Gasteiger partial charge on any atom is 0.314 e. The maximum atomic E-state index is 10.7. The summed E-state index contributed by atoms with van der Waals surface area (Å²) in [6.07, 6.45) is 3.54. The number of benzene rings is 1. The number of hydrogen-bond acceptors (Lipinski definition) is 3. The van der Waals surface area contributed by atoms with Crippen molar-refractivity contribution in [3.63, 3.8) is 0 Å². The van der Waals surface area contributed by atoms with Crippen LogP contribution in [0.5, 0.6) is 0 Å². The fourth-order valence-electron chi connectivity index (χ4n) is 1.96. The Kier molecular flexibility index (Phi) is 5.17. The van der Waals surface area contributed by atoms with Gasteiger partial charge in [0, 0.05) is 13.2 Å². The summed E-state index contributed by atoms with van der Waals surface area (Å²) in [5, 5.41) is 0. The monoisotopic (exact) mass is 248 g/mol. The van der Waals surface area contributed by atoms with E-state index < -0.39 is 0 Å². The molecule has 0 aliphatic carbocycles. The highest BCUT2D eigenvalue weighted by molar-refractivity contribution is 5.48. The Bertz CT molecular complexity index is 355. The normalized spacial score (nSPS) is 19.8. The standard InChI is InChI=1S/C14H18NO3/c16-12-15-8-10-17-11-14(15)18-9-4-7-13-5-2-1-3-6-13/h1-3,5-6,14H,4,7-11H2. The maximum absolute atomic E-state index is 10.7. The van der Waals surface area contributed by atoms with Crippen molar-refractivity contribution in [2.24, 2.45) is 0 Å². The van der Waals surface area contributed by atoms with Crippen LogP contribution in [0.2, 0.25) is 0 Å². The molecular formula is C14H18NO3. The summed E-state index contributed by atoms with van der Waals surface area (Å²) < 4.78 is 10.9. The Morgan fingerprint density at radius 2 is 2.22 bits per heavy atom. The zero-order valence-electron chi connectivity index (χ0n) is 10.4. The molecule has 1 heterocycles. The second-order valence-corrected chi connectivity index (χ2v) is 4.27. The molecule has 0 saturated carbocycles. The molecule has 1 atom stereocenters. The van der Waals surface area contributed by atoms with Crippen LogP contribution < -0.4 is 0 Å². The third-order valence-corrected chi connectivity index (χ3v) is 2.96. The van der Waals surface area contributed by atoms with Crippen LogP contribution in [0, 0.1) is 0 Å². The molecule has 2 rings (SSSR count). The lowest BCUT2D eigenvalue weighted by Gasteiger charge is -2.31. The predicted octanol–water partition coefficient (Wildman–Crippen LogP) is 1.36. The van der Waals surface area contributed by atoms with Crippen LogP contribution in [0.4, 0.5) is 0 Å². The second-order valence-electron chi connectivity index (χ2n) is 4.27. The van der Waals surface area contributed by atoms with Gasteiger partial charge >= 0.3 is 6.41 Å². The average Bonchev–Trinajstić information content (AvgIpc) is 2.45. The largest absolute Gasteiger partial charge is 0.375 e. The van der Waals surface area contributed by atoms with Gasteiger partial charge < -0.3 is 14.4 Å². The summed E-state index contributed by atoms with van der Waals surface area (Å²) in [5.41, 5.74) is 1.31. The molecule has 0 bridgehead atoms. The predicted molar refractivity (Wildman–Crippen MR) is 67.7 cm³/mol. The van der Waals surface area contributed by atoms with Crippen molar-refractivity contribution in [2.45, 2.75) is 19.1 Å². The van der Waals surface area contributed by atoms with E-state index in [0.29, 0.717) is 26.4 Å². The second kappa shape index (κ2) is 7.13. The Morgan fingerprint density at radius 3 is 3.00 bits per heavy atom. The Labute approximate surface area is 107 Å². The average molecular weight is 248 g/mol. The quantitative estimate of drug-likeness (QED) is 0.714. The number of ether oxygens (including phenoxy) is 2. The Hall–Kier alpha value is -1.39. The number of aryl methyl sites for hydroxylation is 1. The SMILES string of the molecule is O=[C]N1CCOCC1OCCCc1ccccc1. The molecule has 0 N–H and O–H groups in total. The van der Waals surface area contributed by atoms with Crippen molar-refractivity contribution in [1.82, 2.24) is 4.90 Å². The molecule has 4 heteroatoms. The molecule has 1 fully saturated rings. The van der Waals surface area contributed by atoms with Crippen molar-refractivity contribution < 1.29 is 14.3 Å². The summed E-state index contributed by atoms with van der Waals surface area (Å²) in [4.78, 5) is 12.2. The van der Waals surface area contributed by atoms with Crippen molar-refractivity contribution in [2.75, 3.05) is 26.4 Å². The van der Waals surface area contributed by atoms with E-state index in [1.54, 1.807) is 0 Å². The van der Waals surface area contributed by atoms with Crippen LogP contribution in [0.1, 0.15) is 12.0 Å². The van der Waals surface area contributed by atoms with E-state index in [1.807, 2.05) is 24.6 Å². The molecule has 18 heavy (non-hydrogen) atoms. The van der Waals surface area contributed by atoms with Gasteiger partial charge in [0.2, 0.25) is 0 Å². The molecule has 1 aromatic rings. The van der Waals surface area contributed by atoms with Gasteiger partial charge in [-0.25, -0.2) is 0 Å². The van der Waals surface area contributed by atoms with Gasteiger partial charge in [0.1, 0.15) is 0 Å². The van der Waals surface area contributed by atoms with Gasteiger partial charge in [-0.3, -0.25) is 4.79 Å². The first-order valence-corrected chi connectivity index (χ1v) is 6.28. The van der Waals surface area contributed by atoms with E-state index in [-0.39, 0.29) is 6.23 Å². The molecule has 1 amide bonds. The number of hydrogen-bond donors (Lipinski definition) is 0. The summed E-state index contributed by atoms with van der Waals surface area (Å²) in [6, 6.07) is 10.3. The van der Waals surface area contributed by atoms with Crippen LogP contribution in [-0.4, -0.2) is 43.9 Å². The third kappa shape index (κ3) is 3.82. The Morgan fingerprint density at radius 1 is 1.39 bits per heavy atom. The number of nitrogens with zero attached hydrogens (tertiary/aromatic N) is 1. The zero-order chi connectivity index (χ0) is 12.6. The minimum Gasteiger partial charge on any atom is -0.375 e. The number of rotatable bonds is 6. The number of morpholine rings is 1. The lowest BCUT2D eigenvalue weighted by molar-refractivity contribution is -0.112. The first-order valence-electron chi connectivity index (χ1n) is 6.28. The zero-order valence-corrected chi connectivity index (χ0v) is 10.4. The number of carbonyl (C=O) groups excluding carboxylic acids is 1. The minimum absolute atomic E-state index is 0.271. The van der Waals surface area contributed by atoms with Gasteiger partial charge in [-0.15, -0.1) is 0 Å². The summed E-state index contributed by atoms with van der Waals surface area (Å²) >= 11 is 0. The molecule has 1 unspecified atom stereocenters. The van der Waals surface area contributed by atoms with E-state index >= 15 is 0 Å². The molecule has 4 nitrogen and oxygen atoms in total. The molecule has 1 radical (unpaired) electrons. The first kappa shape index (κ1) is 13.1. The topological polar surface area (TPSA) is 38.8 Å². The first-order chi connectivity index (χ1) is 8.90. The summed E-state index contributed by atoms with van der Waals surface area (Å²) in [7, 11) is 0. The van der Waals surface area contributed by atoms with Crippen molar-refractivity contribution in [3.05, 3.63) is 35.9 Å². The third-order valence-electron chi connectivity index (χ3n) is 2.96. The van der Waals surface area contributed by atoms with Crippen LogP contribution in [-0.2, 0) is 20.7 Å². The van der Waals surface area contributed by atoms with Crippen molar-refractivity contribution in [3.8, 4) is 0 Å².